The lowest BCUT2D eigenvalue weighted by atomic mass is 10.3. The molecule has 1 amide bonds. The molecule has 2 rings (SSSR count). The van der Waals surface area contributed by atoms with Crippen molar-refractivity contribution in [3.8, 4) is 0 Å². The zero-order chi connectivity index (χ0) is 10.7. The van der Waals surface area contributed by atoms with E-state index in [4.69, 9.17) is 0 Å². The SMILES string of the molecule is Cc1ccc(CNC(=O)[C@H]2CSCN2)s1.Cl. The molecule has 0 unspecified atom stereocenters. The Balaban J connectivity index is 0.00000128. The topological polar surface area (TPSA) is 41.1 Å². The lowest BCUT2D eigenvalue weighted by molar-refractivity contribution is -0.122. The van der Waals surface area contributed by atoms with Crippen molar-refractivity contribution < 1.29 is 4.79 Å². The molecule has 0 radical (unpaired) electrons. The lowest BCUT2D eigenvalue weighted by Crippen LogP contribution is -2.41. The minimum atomic E-state index is -0.00365. The van der Waals surface area contributed by atoms with Crippen LogP contribution in [-0.4, -0.2) is 23.6 Å². The minimum Gasteiger partial charge on any atom is -0.350 e. The Morgan fingerprint density at radius 2 is 2.44 bits per heavy atom. The first kappa shape index (κ1) is 13.8. The Hall–Kier alpha value is -0.230. The van der Waals surface area contributed by atoms with Gasteiger partial charge >= 0.3 is 0 Å². The Morgan fingerprint density at radius 1 is 1.62 bits per heavy atom. The molecule has 16 heavy (non-hydrogen) atoms. The van der Waals surface area contributed by atoms with Gasteiger partial charge < -0.3 is 5.32 Å². The summed E-state index contributed by atoms with van der Waals surface area (Å²) in [6, 6.07) is 4.14. The zero-order valence-corrected chi connectivity index (χ0v) is 11.4. The van der Waals surface area contributed by atoms with Gasteiger partial charge in [-0.15, -0.1) is 35.5 Å². The van der Waals surface area contributed by atoms with E-state index in [1.54, 1.807) is 23.1 Å². The number of carbonyl (C=O) groups excluding carboxylic acids is 1. The standard InChI is InChI=1S/C10H14N2OS2.ClH/c1-7-2-3-8(15-7)4-11-10(13)9-5-14-6-12-9;/h2-3,9,12H,4-6H2,1H3,(H,11,13);1H/t9-;/m1./s1. The van der Waals surface area contributed by atoms with E-state index in [2.05, 4.69) is 29.7 Å². The van der Waals surface area contributed by atoms with Crippen LogP contribution in [0, 0.1) is 6.92 Å². The third-order valence-electron chi connectivity index (χ3n) is 2.27. The number of hydrogen-bond acceptors (Lipinski definition) is 4. The summed E-state index contributed by atoms with van der Waals surface area (Å²) in [5.41, 5.74) is 0. The smallest absolute Gasteiger partial charge is 0.238 e. The van der Waals surface area contributed by atoms with Crippen molar-refractivity contribution >= 4 is 41.4 Å². The lowest BCUT2D eigenvalue weighted by Gasteiger charge is -2.09. The van der Waals surface area contributed by atoms with Crippen LogP contribution in [0.3, 0.4) is 0 Å². The van der Waals surface area contributed by atoms with Gasteiger partial charge in [0, 0.05) is 21.4 Å². The van der Waals surface area contributed by atoms with E-state index in [1.165, 1.54) is 9.75 Å². The quantitative estimate of drug-likeness (QED) is 0.885. The largest absolute Gasteiger partial charge is 0.350 e. The Bertz CT molecular complexity index is 350. The number of rotatable bonds is 3. The maximum atomic E-state index is 11.6. The molecule has 3 nitrogen and oxygen atoms in total. The van der Waals surface area contributed by atoms with Crippen molar-refractivity contribution in [2.24, 2.45) is 0 Å². The van der Waals surface area contributed by atoms with Gasteiger partial charge in [0.05, 0.1) is 12.6 Å². The molecule has 90 valence electrons. The van der Waals surface area contributed by atoms with Crippen molar-refractivity contribution in [3.63, 3.8) is 0 Å². The van der Waals surface area contributed by atoms with Crippen LogP contribution >= 0.6 is 35.5 Å². The van der Waals surface area contributed by atoms with Crippen molar-refractivity contribution in [1.82, 2.24) is 10.6 Å². The van der Waals surface area contributed by atoms with E-state index in [-0.39, 0.29) is 24.4 Å². The van der Waals surface area contributed by atoms with Gasteiger partial charge in [0.15, 0.2) is 0 Å². The highest BCUT2D eigenvalue weighted by atomic mass is 35.5. The van der Waals surface area contributed by atoms with Gasteiger partial charge in [-0.2, -0.15) is 0 Å². The van der Waals surface area contributed by atoms with Gasteiger partial charge in [0.25, 0.3) is 0 Å². The molecule has 0 spiro atoms. The first-order valence-corrected chi connectivity index (χ1v) is 6.87. The summed E-state index contributed by atoms with van der Waals surface area (Å²) in [4.78, 5) is 14.1. The predicted octanol–water partition coefficient (Wildman–Crippen LogP) is 1.76. The van der Waals surface area contributed by atoms with Gasteiger partial charge in [0.2, 0.25) is 5.91 Å². The molecule has 1 aromatic heterocycles. The number of thiophene rings is 1. The average Bonchev–Trinajstić information content (AvgIpc) is 2.84. The second-order valence-electron chi connectivity index (χ2n) is 3.50. The number of aryl methyl sites for hydroxylation is 1. The molecule has 1 aromatic rings. The van der Waals surface area contributed by atoms with Gasteiger partial charge in [-0.05, 0) is 19.1 Å². The summed E-state index contributed by atoms with van der Waals surface area (Å²) in [5.74, 6) is 1.89. The third kappa shape index (κ3) is 3.66. The monoisotopic (exact) mass is 278 g/mol. The molecule has 2 N–H and O–H groups in total. The first-order valence-electron chi connectivity index (χ1n) is 4.90. The summed E-state index contributed by atoms with van der Waals surface area (Å²) in [6.45, 7) is 2.73. The molecule has 1 saturated heterocycles. The molecule has 0 aromatic carbocycles. The summed E-state index contributed by atoms with van der Waals surface area (Å²) < 4.78 is 0. The molecule has 0 aliphatic carbocycles. The molecule has 6 heteroatoms. The predicted molar refractivity (Wildman–Crippen MR) is 72.4 cm³/mol. The highest BCUT2D eigenvalue weighted by Gasteiger charge is 2.21. The molecule has 1 aliphatic heterocycles. The van der Waals surface area contributed by atoms with Gasteiger partial charge in [-0.3, -0.25) is 10.1 Å². The number of thioether (sulfide) groups is 1. The van der Waals surface area contributed by atoms with Gasteiger partial charge in [-0.25, -0.2) is 0 Å². The van der Waals surface area contributed by atoms with Crippen LogP contribution in [0.5, 0.6) is 0 Å². The number of halogens is 1. The number of hydrogen-bond donors (Lipinski definition) is 2. The fraction of sp³-hybridized carbons (Fsp3) is 0.500. The van der Waals surface area contributed by atoms with Gasteiger partial charge in [-0.1, -0.05) is 0 Å². The van der Waals surface area contributed by atoms with Crippen molar-refractivity contribution in [1.29, 1.82) is 0 Å². The van der Waals surface area contributed by atoms with Crippen LogP contribution in [0.4, 0.5) is 0 Å². The number of carbonyl (C=O) groups is 1. The zero-order valence-electron chi connectivity index (χ0n) is 8.99. The van der Waals surface area contributed by atoms with Crippen molar-refractivity contribution in [2.75, 3.05) is 11.6 Å². The Morgan fingerprint density at radius 3 is 3.00 bits per heavy atom. The molecule has 0 bridgehead atoms. The molecule has 0 saturated carbocycles. The maximum absolute atomic E-state index is 11.6. The van der Waals surface area contributed by atoms with E-state index in [9.17, 15) is 4.79 Å². The summed E-state index contributed by atoms with van der Waals surface area (Å²) in [6.07, 6.45) is 0. The van der Waals surface area contributed by atoms with E-state index in [0.717, 1.165) is 11.6 Å². The van der Waals surface area contributed by atoms with E-state index >= 15 is 0 Å². The van der Waals surface area contributed by atoms with Crippen LogP contribution in [-0.2, 0) is 11.3 Å². The van der Waals surface area contributed by atoms with Crippen LogP contribution in [0.1, 0.15) is 9.75 Å². The third-order valence-corrected chi connectivity index (χ3v) is 4.21. The second-order valence-corrected chi connectivity index (χ2v) is 5.90. The first-order chi connectivity index (χ1) is 7.25. The Kier molecular flexibility index (Phi) is 5.61. The minimum absolute atomic E-state index is 0. The van der Waals surface area contributed by atoms with Crippen LogP contribution < -0.4 is 10.6 Å². The average molecular weight is 279 g/mol. The summed E-state index contributed by atoms with van der Waals surface area (Å²) in [5, 5.41) is 6.10. The van der Waals surface area contributed by atoms with Crippen LogP contribution in [0.15, 0.2) is 12.1 Å². The summed E-state index contributed by atoms with van der Waals surface area (Å²) in [7, 11) is 0. The number of amides is 1. The maximum Gasteiger partial charge on any atom is 0.238 e. The van der Waals surface area contributed by atoms with Crippen LogP contribution in [0.2, 0.25) is 0 Å². The highest BCUT2D eigenvalue weighted by molar-refractivity contribution is 7.99. The molecule has 2 heterocycles. The summed E-state index contributed by atoms with van der Waals surface area (Å²) >= 11 is 3.50. The second kappa shape index (κ2) is 6.49. The fourth-order valence-electron chi connectivity index (χ4n) is 1.44. The van der Waals surface area contributed by atoms with Crippen molar-refractivity contribution in [3.05, 3.63) is 21.9 Å². The van der Waals surface area contributed by atoms with E-state index < -0.39 is 0 Å². The Labute approximate surface area is 110 Å². The van der Waals surface area contributed by atoms with Crippen molar-refractivity contribution in [2.45, 2.75) is 19.5 Å². The normalized spacial score (nSPS) is 19.2. The molecular weight excluding hydrogens is 264 g/mol. The highest BCUT2D eigenvalue weighted by Crippen LogP contribution is 2.15. The van der Waals surface area contributed by atoms with Gasteiger partial charge in [0.1, 0.15) is 0 Å². The molecule has 1 atom stereocenters. The molecule has 1 fully saturated rings. The van der Waals surface area contributed by atoms with E-state index in [0.29, 0.717) is 6.54 Å². The fourth-order valence-corrected chi connectivity index (χ4v) is 3.21. The van der Waals surface area contributed by atoms with E-state index in [1.807, 2.05) is 0 Å². The molecule has 1 aliphatic rings. The van der Waals surface area contributed by atoms with Crippen LogP contribution in [0.25, 0.3) is 0 Å². The molecular formula is C10H15ClN2OS2. The number of nitrogens with one attached hydrogen (secondary N) is 2.